The Morgan fingerprint density at radius 3 is 2.70 bits per heavy atom. The quantitative estimate of drug-likeness (QED) is 0.283. The topological polar surface area (TPSA) is 81.7 Å². The van der Waals surface area contributed by atoms with Crippen LogP contribution in [0.4, 0.5) is 0 Å². The smallest absolute Gasteiger partial charge is 0.233 e. The molecule has 1 aromatic heterocycles. The number of aliphatic imine (C=N–C) groups is 1. The van der Waals surface area contributed by atoms with Crippen molar-refractivity contribution in [3.8, 4) is 0 Å². The molecule has 1 saturated heterocycles. The average molecular weight is 508 g/mol. The fraction of sp³-hybridized carbons (Fsp3) is 0.722. The van der Waals surface area contributed by atoms with E-state index in [9.17, 15) is 4.79 Å². The number of halogens is 1. The van der Waals surface area contributed by atoms with E-state index >= 15 is 0 Å². The summed E-state index contributed by atoms with van der Waals surface area (Å²) in [6.07, 6.45) is 5.94. The minimum absolute atomic E-state index is 0. The van der Waals surface area contributed by atoms with Gasteiger partial charge in [-0.1, -0.05) is 6.92 Å². The molecule has 27 heavy (non-hydrogen) atoms. The molecule has 3 N–H and O–H groups in total. The summed E-state index contributed by atoms with van der Waals surface area (Å²) >= 11 is 1.78. The number of rotatable bonds is 8. The molecule has 1 aliphatic heterocycles. The molecule has 1 aliphatic rings. The molecule has 7 nitrogen and oxygen atoms in total. The van der Waals surface area contributed by atoms with Crippen molar-refractivity contribution < 1.29 is 4.79 Å². The Balaban J connectivity index is 0.00000364. The first-order valence-corrected chi connectivity index (χ1v) is 10.4. The Hall–Kier alpha value is -0.940. The molecule has 0 atom stereocenters. The third kappa shape index (κ3) is 8.73. The third-order valence-electron chi connectivity index (χ3n) is 4.46. The van der Waals surface area contributed by atoms with Gasteiger partial charge in [-0.3, -0.25) is 14.7 Å². The third-order valence-corrected chi connectivity index (χ3v) is 5.67. The van der Waals surface area contributed by atoms with Gasteiger partial charge in [0.1, 0.15) is 0 Å². The lowest BCUT2D eigenvalue weighted by Gasteiger charge is -2.32. The SMILES string of the molecule is CCNC(=NCCc1ncc(CC)s1)NC1CCN(CC(=O)NC)CC1.I. The van der Waals surface area contributed by atoms with Crippen LogP contribution in [0.1, 0.15) is 36.6 Å². The lowest BCUT2D eigenvalue weighted by molar-refractivity contribution is -0.122. The molecule has 0 aliphatic carbocycles. The Kier molecular flexibility index (Phi) is 11.8. The van der Waals surface area contributed by atoms with Crippen LogP contribution in [0.5, 0.6) is 0 Å². The predicted molar refractivity (Wildman–Crippen MR) is 123 cm³/mol. The number of carbonyl (C=O) groups is 1. The Morgan fingerprint density at radius 1 is 1.37 bits per heavy atom. The highest BCUT2D eigenvalue weighted by Crippen LogP contribution is 2.14. The summed E-state index contributed by atoms with van der Waals surface area (Å²) in [5, 5.41) is 10.7. The van der Waals surface area contributed by atoms with E-state index < -0.39 is 0 Å². The van der Waals surface area contributed by atoms with Crippen molar-refractivity contribution in [2.45, 2.75) is 45.6 Å². The van der Waals surface area contributed by atoms with Crippen LogP contribution in [0, 0.1) is 0 Å². The number of carbonyl (C=O) groups excluding carboxylic acids is 1. The summed E-state index contributed by atoms with van der Waals surface area (Å²) in [4.78, 5) is 24.2. The van der Waals surface area contributed by atoms with Crippen LogP contribution >= 0.6 is 35.3 Å². The minimum Gasteiger partial charge on any atom is -0.358 e. The van der Waals surface area contributed by atoms with Crippen LogP contribution in [0.15, 0.2) is 11.2 Å². The number of nitrogens with zero attached hydrogens (tertiary/aromatic N) is 3. The van der Waals surface area contributed by atoms with E-state index in [2.05, 4.69) is 39.7 Å². The fourth-order valence-corrected chi connectivity index (χ4v) is 3.77. The lowest BCUT2D eigenvalue weighted by Crippen LogP contribution is -2.50. The number of hydrogen-bond acceptors (Lipinski definition) is 5. The van der Waals surface area contributed by atoms with Crippen LogP contribution < -0.4 is 16.0 Å². The number of guanidine groups is 1. The molecule has 2 rings (SSSR count). The van der Waals surface area contributed by atoms with Crippen LogP contribution in [0.2, 0.25) is 0 Å². The zero-order valence-electron chi connectivity index (χ0n) is 16.6. The number of thiazole rings is 1. The van der Waals surface area contributed by atoms with E-state index in [0.717, 1.165) is 62.8 Å². The highest BCUT2D eigenvalue weighted by molar-refractivity contribution is 14.0. The average Bonchev–Trinajstić information content (AvgIpc) is 3.11. The maximum absolute atomic E-state index is 11.5. The van der Waals surface area contributed by atoms with Crippen molar-refractivity contribution in [3.05, 3.63) is 16.1 Å². The number of likely N-dealkylation sites (N-methyl/N-ethyl adjacent to an activating group) is 1. The van der Waals surface area contributed by atoms with Gasteiger partial charge in [0.2, 0.25) is 5.91 Å². The normalized spacial score (nSPS) is 15.9. The summed E-state index contributed by atoms with van der Waals surface area (Å²) < 4.78 is 0. The maximum atomic E-state index is 11.5. The molecule has 9 heteroatoms. The molecule has 2 heterocycles. The largest absolute Gasteiger partial charge is 0.358 e. The number of amides is 1. The first-order valence-electron chi connectivity index (χ1n) is 9.55. The second kappa shape index (κ2) is 13.3. The zero-order valence-corrected chi connectivity index (χ0v) is 19.7. The van der Waals surface area contributed by atoms with Gasteiger partial charge in [0.25, 0.3) is 0 Å². The van der Waals surface area contributed by atoms with Crippen LogP contribution in [-0.2, 0) is 17.6 Å². The van der Waals surface area contributed by atoms with Crippen molar-refractivity contribution in [2.24, 2.45) is 4.99 Å². The van der Waals surface area contributed by atoms with E-state index in [1.807, 2.05) is 6.20 Å². The number of aromatic nitrogens is 1. The first-order chi connectivity index (χ1) is 12.6. The molecular weight excluding hydrogens is 475 g/mol. The molecule has 0 saturated carbocycles. The number of nitrogens with one attached hydrogen (secondary N) is 3. The number of piperidine rings is 1. The highest BCUT2D eigenvalue weighted by atomic mass is 127. The van der Waals surface area contributed by atoms with Gasteiger partial charge < -0.3 is 16.0 Å². The Morgan fingerprint density at radius 2 is 2.11 bits per heavy atom. The van der Waals surface area contributed by atoms with Crippen molar-refractivity contribution in [3.63, 3.8) is 0 Å². The van der Waals surface area contributed by atoms with Crippen molar-refractivity contribution in [1.29, 1.82) is 0 Å². The number of aryl methyl sites for hydroxylation is 1. The number of hydrogen-bond donors (Lipinski definition) is 3. The molecule has 0 radical (unpaired) electrons. The van der Waals surface area contributed by atoms with Gasteiger partial charge in [-0.25, -0.2) is 4.98 Å². The van der Waals surface area contributed by atoms with E-state index in [1.165, 1.54) is 4.88 Å². The Bertz CT molecular complexity index is 586. The van der Waals surface area contributed by atoms with E-state index in [1.54, 1.807) is 18.4 Å². The summed E-state index contributed by atoms with van der Waals surface area (Å²) in [7, 11) is 1.69. The minimum atomic E-state index is 0. The summed E-state index contributed by atoms with van der Waals surface area (Å²) in [5.74, 6) is 0.962. The van der Waals surface area contributed by atoms with Gasteiger partial charge in [0.05, 0.1) is 11.6 Å². The van der Waals surface area contributed by atoms with Gasteiger partial charge in [-0.05, 0) is 26.2 Å². The summed E-state index contributed by atoms with van der Waals surface area (Å²) in [5.41, 5.74) is 0. The van der Waals surface area contributed by atoms with Gasteiger partial charge >= 0.3 is 0 Å². The monoisotopic (exact) mass is 508 g/mol. The molecule has 0 bridgehead atoms. The fourth-order valence-electron chi connectivity index (χ4n) is 2.92. The van der Waals surface area contributed by atoms with Crippen molar-refractivity contribution >= 4 is 47.2 Å². The molecular formula is C18H33IN6OS. The second-order valence-electron chi connectivity index (χ2n) is 6.45. The van der Waals surface area contributed by atoms with Crippen molar-refractivity contribution in [2.75, 3.05) is 39.8 Å². The number of likely N-dealkylation sites (tertiary alicyclic amines) is 1. The summed E-state index contributed by atoms with van der Waals surface area (Å²) in [6.45, 7) is 8.18. The van der Waals surface area contributed by atoms with Crippen molar-refractivity contribution in [1.82, 2.24) is 25.8 Å². The maximum Gasteiger partial charge on any atom is 0.233 e. The van der Waals surface area contributed by atoms with Gasteiger partial charge in [-0.15, -0.1) is 35.3 Å². The van der Waals surface area contributed by atoms with Gasteiger partial charge in [-0.2, -0.15) is 0 Å². The molecule has 0 spiro atoms. The summed E-state index contributed by atoms with van der Waals surface area (Å²) in [6, 6.07) is 0.403. The predicted octanol–water partition coefficient (Wildman–Crippen LogP) is 1.63. The van der Waals surface area contributed by atoms with E-state index in [4.69, 9.17) is 4.99 Å². The van der Waals surface area contributed by atoms with Gasteiger partial charge in [0.15, 0.2) is 5.96 Å². The van der Waals surface area contributed by atoms with E-state index in [-0.39, 0.29) is 29.9 Å². The standard InChI is InChI=1S/C18H32N6OS.HI/c1-4-15-12-22-17(26-15)6-9-21-18(20-5-2)23-14-7-10-24(11-8-14)13-16(25)19-3;/h12,14H,4-11,13H2,1-3H3,(H,19,25)(H2,20,21,23);1H. The molecule has 1 fully saturated rings. The highest BCUT2D eigenvalue weighted by Gasteiger charge is 2.21. The molecule has 154 valence electrons. The molecule has 1 aromatic rings. The van der Waals surface area contributed by atoms with E-state index in [0.29, 0.717) is 12.6 Å². The molecule has 0 unspecified atom stereocenters. The van der Waals surface area contributed by atoms with Gasteiger partial charge in [0, 0.05) is 56.8 Å². The first kappa shape index (κ1) is 24.1. The zero-order chi connectivity index (χ0) is 18.8. The second-order valence-corrected chi connectivity index (χ2v) is 7.65. The Labute approximate surface area is 183 Å². The van der Waals surface area contributed by atoms with Crippen LogP contribution in [0.3, 0.4) is 0 Å². The van der Waals surface area contributed by atoms with Crippen LogP contribution in [0.25, 0.3) is 0 Å². The molecule has 1 amide bonds. The lowest BCUT2D eigenvalue weighted by atomic mass is 10.1. The van der Waals surface area contributed by atoms with Crippen LogP contribution in [-0.4, -0.2) is 67.6 Å². The molecule has 0 aromatic carbocycles.